The molecule has 0 amide bonds. The number of nitrogens with two attached hydrogens (primary N) is 1. The average Bonchev–Trinajstić information content (AvgIpc) is 2.30. The van der Waals surface area contributed by atoms with Gasteiger partial charge in [0, 0.05) is 11.0 Å². The van der Waals surface area contributed by atoms with Gasteiger partial charge in [0.2, 0.25) is 0 Å². The summed E-state index contributed by atoms with van der Waals surface area (Å²) in [6, 6.07) is 6.61. The first-order valence-corrected chi connectivity index (χ1v) is 6.15. The molecule has 2 nitrogen and oxygen atoms in total. The van der Waals surface area contributed by atoms with Gasteiger partial charge in [-0.25, -0.2) is 13.8 Å². The molecular weight excluding hydrogens is 254 g/mol. The number of aryl methyl sites for hydroxylation is 2. The summed E-state index contributed by atoms with van der Waals surface area (Å²) < 4.78 is 26.6. The zero-order chi connectivity index (χ0) is 13.3. The maximum absolute atomic E-state index is 13.6. The minimum Gasteiger partial charge on any atom is -0.381 e. The van der Waals surface area contributed by atoms with E-state index in [0.29, 0.717) is 0 Å². The Balaban J connectivity index is 2.40. The molecular formula is C13H12F2N2S. The van der Waals surface area contributed by atoms with Crippen molar-refractivity contribution in [3.8, 4) is 0 Å². The van der Waals surface area contributed by atoms with Gasteiger partial charge in [-0.3, -0.25) is 0 Å². The monoisotopic (exact) mass is 266 g/mol. The average molecular weight is 266 g/mol. The Morgan fingerprint density at radius 3 is 2.56 bits per heavy atom. The number of hydrogen-bond donors (Lipinski definition) is 1. The molecule has 0 fully saturated rings. The van der Waals surface area contributed by atoms with Crippen LogP contribution in [0.1, 0.15) is 11.1 Å². The summed E-state index contributed by atoms with van der Waals surface area (Å²) in [4.78, 5) is 4.61. The summed E-state index contributed by atoms with van der Waals surface area (Å²) in [6.07, 6.45) is 0. The Bertz CT molecular complexity index is 600. The fourth-order valence-corrected chi connectivity index (χ4v) is 2.44. The van der Waals surface area contributed by atoms with E-state index in [9.17, 15) is 8.78 Å². The standard InChI is InChI=1S/C13H12F2N2S/c1-7-3-4-8(2)11(5-7)18-13-10(15)6-9(14)12(16)17-13/h3-6H,1-2H3,(H2,16,17). The van der Waals surface area contributed by atoms with Crippen LogP contribution in [0.15, 0.2) is 34.2 Å². The zero-order valence-corrected chi connectivity index (χ0v) is 10.8. The van der Waals surface area contributed by atoms with Gasteiger partial charge in [0.05, 0.1) is 0 Å². The van der Waals surface area contributed by atoms with Crippen molar-refractivity contribution >= 4 is 17.6 Å². The van der Waals surface area contributed by atoms with E-state index in [1.807, 2.05) is 32.0 Å². The highest BCUT2D eigenvalue weighted by Crippen LogP contribution is 2.32. The molecule has 1 aromatic carbocycles. The van der Waals surface area contributed by atoms with Crippen LogP contribution in [0.4, 0.5) is 14.6 Å². The van der Waals surface area contributed by atoms with Crippen molar-refractivity contribution in [2.24, 2.45) is 0 Å². The summed E-state index contributed by atoms with van der Waals surface area (Å²) in [5.41, 5.74) is 7.42. The summed E-state index contributed by atoms with van der Waals surface area (Å²) >= 11 is 1.15. The highest BCUT2D eigenvalue weighted by Gasteiger charge is 2.12. The van der Waals surface area contributed by atoms with Gasteiger partial charge in [0.25, 0.3) is 0 Å². The molecule has 0 saturated carbocycles. The van der Waals surface area contributed by atoms with Gasteiger partial charge in [0.15, 0.2) is 17.5 Å². The lowest BCUT2D eigenvalue weighted by Gasteiger charge is -2.07. The first-order valence-electron chi connectivity index (χ1n) is 5.34. The number of nitrogens with zero attached hydrogens (tertiary/aromatic N) is 1. The van der Waals surface area contributed by atoms with Crippen LogP contribution in [0, 0.1) is 25.5 Å². The van der Waals surface area contributed by atoms with Crippen molar-refractivity contribution in [3.63, 3.8) is 0 Å². The van der Waals surface area contributed by atoms with Gasteiger partial charge in [-0.15, -0.1) is 0 Å². The maximum Gasteiger partial charge on any atom is 0.168 e. The molecule has 0 aliphatic carbocycles. The quantitative estimate of drug-likeness (QED) is 0.900. The largest absolute Gasteiger partial charge is 0.381 e. The fourth-order valence-electron chi connectivity index (χ4n) is 1.46. The fraction of sp³-hybridized carbons (Fsp3) is 0.154. The number of anilines is 1. The number of halogens is 2. The molecule has 0 spiro atoms. The number of nitrogen functional groups attached to an aromatic ring is 1. The third-order valence-electron chi connectivity index (χ3n) is 2.47. The van der Waals surface area contributed by atoms with Gasteiger partial charge in [-0.05, 0) is 31.0 Å². The molecule has 5 heteroatoms. The second-order valence-corrected chi connectivity index (χ2v) is 5.04. The van der Waals surface area contributed by atoms with Crippen LogP contribution in [0.25, 0.3) is 0 Å². The van der Waals surface area contributed by atoms with E-state index < -0.39 is 11.6 Å². The summed E-state index contributed by atoms with van der Waals surface area (Å²) in [6.45, 7) is 3.87. The Morgan fingerprint density at radius 1 is 1.11 bits per heavy atom. The maximum atomic E-state index is 13.6. The van der Waals surface area contributed by atoms with E-state index in [1.165, 1.54) is 0 Å². The van der Waals surface area contributed by atoms with Crippen molar-refractivity contribution < 1.29 is 8.78 Å². The summed E-state index contributed by atoms with van der Waals surface area (Å²) in [5.74, 6) is -1.82. The van der Waals surface area contributed by atoms with Gasteiger partial charge >= 0.3 is 0 Å². The van der Waals surface area contributed by atoms with E-state index in [4.69, 9.17) is 5.73 Å². The van der Waals surface area contributed by atoms with E-state index in [2.05, 4.69) is 4.98 Å². The highest BCUT2D eigenvalue weighted by molar-refractivity contribution is 7.99. The van der Waals surface area contributed by atoms with Crippen molar-refractivity contribution in [2.45, 2.75) is 23.8 Å². The molecule has 0 saturated heterocycles. The minimum atomic E-state index is -0.835. The third kappa shape index (κ3) is 2.61. The first-order chi connectivity index (χ1) is 8.47. The lowest BCUT2D eigenvalue weighted by atomic mass is 10.2. The Morgan fingerprint density at radius 2 is 1.83 bits per heavy atom. The Hall–Kier alpha value is -1.62. The minimum absolute atomic E-state index is 0.0857. The molecule has 0 bridgehead atoms. The Labute approximate surface area is 108 Å². The van der Waals surface area contributed by atoms with Crippen molar-refractivity contribution in [1.29, 1.82) is 0 Å². The zero-order valence-electron chi connectivity index (χ0n) is 10.00. The predicted octanol–water partition coefficient (Wildman–Crippen LogP) is 3.71. The second-order valence-electron chi connectivity index (χ2n) is 4.01. The van der Waals surface area contributed by atoms with Crippen molar-refractivity contribution in [3.05, 3.63) is 47.0 Å². The molecule has 0 atom stereocenters. The van der Waals surface area contributed by atoms with Gasteiger partial charge in [-0.1, -0.05) is 23.9 Å². The summed E-state index contributed by atoms with van der Waals surface area (Å²) in [5, 5.41) is 0.0857. The molecule has 2 N–H and O–H groups in total. The molecule has 1 aromatic heterocycles. The van der Waals surface area contributed by atoms with Crippen molar-refractivity contribution in [2.75, 3.05) is 5.73 Å². The summed E-state index contributed by atoms with van der Waals surface area (Å²) in [7, 11) is 0. The van der Waals surface area contributed by atoms with Gasteiger partial charge in [0.1, 0.15) is 5.03 Å². The van der Waals surface area contributed by atoms with Crippen LogP contribution in [0.3, 0.4) is 0 Å². The number of pyridine rings is 1. The van der Waals surface area contributed by atoms with E-state index in [-0.39, 0.29) is 10.8 Å². The molecule has 2 aromatic rings. The number of rotatable bonds is 2. The molecule has 0 aliphatic rings. The van der Waals surface area contributed by atoms with Gasteiger partial charge in [-0.2, -0.15) is 0 Å². The topological polar surface area (TPSA) is 38.9 Å². The van der Waals surface area contributed by atoms with Crippen LogP contribution in [-0.4, -0.2) is 4.98 Å². The molecule has 2 rings (SSSR count). The Kier molecular flexibility index (Phi) is 3.52. The second kappa shape index (κ2) is 4.94. The first kappa shape index (κ1) is 12.8. The molecule has 0 aliphatic heterocycles. The normalized spacial score (nSPS) is 10.7. The van der Waals surface area contributed by atoms with Crippen LogP contribution >= 0.6 is 11.8 Å². The number of aromatic nitrogens is 1. The van der Waals surface area contributed by atoms with E-state index in [0.717, 1.165) is 33.9 Å². The molecule has 0 unspecified atom stereocenters. The lowest BCUT2D eigenvalue weighted by molar-refractivity contribution is 0.552. The lowest BCUT2D eigenvalue weighted by Crippen LogP contribution is -1.99. The SMILES string of the molecule is Cc1ccc(C)c(Sc2nc(N)c(F)cc2F)c1. The predicted molar refractivity (Wildman–Crippen MR) is 68.6 cm³/mol. The van der Waals surface area contributed by atoms with E-state index >= 15 is 0 Å². The number of hydrogen-bond acceptors (Lipinski definition) is 3. The molecule has 1 heterocycles. The van der Waals surface area contributed by atoms with Crippen LogP contribution in [0.5, 0.6) is 0 Å². The van der Waals surface area contributed by atoms with Crippen LogP contribution in [-0.2, 0) is 0 Å². The number of benzene rings is 1. The molecule has 18 heavy (non-hydrogen) atoms. The van der Waals surface area contributed by atoms with Crippen molar-refractivity contribution in [1.82, 2.24) is 4.98 Å². The highest BCUT2D eigenvalue weighted by atomic mass is 32.2. The van der Waals surface area contributed by atoms with Gasteiger partial charge < -0.3 is 5.73 Å². The smallest absolute Gasteiger partial charge is 0.168 e. The van der Waals surface area contributed by atoms with E-state index in [1.54, 1.807) is 0 Å². The molecule has 0 radical (unpaired) electrons. The van der Waals surface area contributed by atoms with Crippen LogP contribution < -0.4 is 5.73 Å². The third-order valence-corrected chi connectivity index (χ3v) is 3.61. The van der Waals surface area contributed by atoms with Crippen LogP contribution in [0.2, 0.25) is 0 Å². The molecule has 94 valence electrons.